The van der Waals surface area contributed by atoms with E-state index in [0.29, 0.717) is 17.6 Å². The van der Waals surface area contributed by atoms with E-state index >= 15 is 0 Å². The van der Waals surface area contributed by atoms with Gasteiger partial charge in [0.2, 0.25) is 5.95 Å². The highest BCUT2D eigenvalue weighted by Crippen LogP contribution is 2.38. The Balaban J connectivity index is 1.27. The van der Waals surface area contributed by atoms with Crippen molar-refractivity contribution >= 4 is 60.8 Å². The number of aromatic amines is 1. The lowest BCUT2D eigenvalue weighted by Gasteiger charge is -2.10. The molecule has 6 aromatic carbocycles. The van der Waals surface area contributed by atoms with Crippen LogP contribution >= 0.6 is 0 Å². The standard InChI is InChI=1S/C39H27N5/c1-22-30-21-34-32(28-12-7-8-14-33(28)42-34)20-31(30)29-13-9-15-35-37(29)36(22)23(2)44(35)39-41-24(3)40-38(43-39)27-18-16-26(17-19-27)25-10-5-4-6-11-25/h4-21,42H,1H2,2-3H3. The number of rotatable bonds is 3. The minimum absolute atomic E-state index is 0.613. The molecule has 0 aliphatic rings. The van der Waals surface area contributed by atoms with E-state index in [2.05, 4.69) is 126 Å². The quantitative estimate of drug-likeness (QED) is 0.218. The zero-order valence-electron chi connectivity index (χ0n) is 24.4. The highest BCUT2D eigenvalue weighted by Gasteiger charge is 2.21. The maximum atomic E-state index is 5.04. The van der Waals surface area contributed by atoms with Gasteiger partial charge in [-0.05, 0) is 70.6 Å². The average molecular weight is 566 g/mol. The number of hydrogen-bond acceptors (Lipinski definition) is 3. The molecule has 0 fully saturated rings. The molecular weight excluding hydrogens is 538 g/mol. The first-order chi connectivity index (χ1) is 21.5. The van der Waals surface area contributed by atoms with E-state index in [1.165, 1.54) is 32.5 Å². The van der Waals surface area contributed by atoms with Crippen LogP contribution in [0.4, 0.5) is 0 Å². The number of benzene rings is 6. The summed E-state index contributed by atoms with van der Waals surface area (Å²) in [6, 6.07) is 38.4. The van der Waals surface area contributed by atoms with Crippen molar-refractivity contribution in [3.8, 4) is 28.5 Å². The van der Waals surface area contributed by atoms with Gasteiger partial charge in [0.15, 0.2) is 5.82 Å². The summed E-state index contributed by atoms with van der Waals surface area (Å²) in [5.41, 5.74) is 7.69. The third kappa shape index (κ3) is 3.50. The molecule has 0 saturated heterocycles. The van der Waals surface area contributed by atoms with Crippen LogP contribution in [0.1, 0.15) is 11.5 Å². The first-order valence-corrected chi connectivity index (χ1v) is 14.8. The van der Waals surface area contributed by atoms with Gasteiger partial charge in [-0.15, -0.1) is 0 Å². The van der Waals surface area contributed by atoms with Crippen LogP contribution < -0.4 is 5.22 Å². The van der Waals surface area contributed by atoms with Gasteiger partial charge in [0.1, 0.15) is 5.82 Å². The molecule has 0 radical (unpaired) electrons. The number of fused-ring (bicyclic) bond motifs is 5. The molecule has 3 heterocycles. The van der Waals surface area contributed by atoms with Gasteiger partial charge in [0, 0.05) is 43.8 Å². The average Bonchev–Trinajstić information content (AvgIpc) is 3.57. The fourth-order valence-electron chi connectivity index (χ4n) is 6.96. The fraction of sp³-hybridized carbons (Fsp3) is 0.0513. The minimum Gasteiger partial charge on any atom is -0.354 e. The second-order valence-corrected chi connectivity index (χ2v) is 11.5. The molecule has 44 heavy (non-hydrogen) atoms. The van der Waals surface area contributed by atoms with Gasteiger partial charge in [0.25, 0.3) is 0 Å². The zero-order chi connectivity index (χ0) is 29.5. The topological polar surface area (TPSA) is 59.4 Å². The maximum absolute atomic E-state index is 5.04. The van der Waals surface area contributed by atoms with E-state index in [-0.39, 0.29) is 0 Å². The summed E-state index contributed by atoms with van der Waals surface area (Å²) in [4.78, 5) is 18.2. The molecule has 0 spiro atoms. The zero-order valence-corrected chi connectivity index (χ0v) is 24.4. The van der Waals surface area contributed by atoms with Gasteiger partial charge in [-0.25, -0.2) is 4.98 Å². The molecule has 9 aromatic rings. The van der Waals surface area contributed by atoms with E-state index in [0.717, 1.165) is 49.4 Å². The molecule has 5 heteroatoms. The van der Waals surface area contributed by atoms with Crippen LogP contribution in [-0.2, 0) is 0 Å². The van der Waals surface area contributed by atoms with Crippen LogP contribution in [0, 0.1) is 13.8 Å². The molecule has 0 amide bonds. The molecule has 0 unspecified atom stereocenters. The summed E-state index contributed by atoms with van der Waals surface area (Å²) >= 11 is 0. The Morgan fingerprint density at radius 1 is 0.568 bits per heavy atom. The molecule has 3 aromatic heterocycles. The minimum atomic E-state index is 0.613. The predicted molar refractivity (Wildman–Crippen MR) is 182 cm³/mol. The first kappa shape index (κ1) is 24.8. The predicted octanol–water partition coefficient (Wildman–Crippen LogP) is 8.84. The summed E-state index contributed by atoms with van der Waals surface area (Å²) in [7, 11) is 0. The van der Waals surface area contributed by atoms with Crippen LogP contribution in [0.25, 0.3) is 89.3 Å². The van der Waals surface area contributed by atoms with Crippen LogP contribution in [0.2, 0.25) is 0 Å². The maximum Gasteiger partial charge on any atom is 0.238 e. The number of aryl methyl sites for hydroxylation is 2. The Hall–Kier alpha value is -5.81. The fourth-order valence-corrected chi connectivity index (χ4v) is 6.96. The molecule has 5 nitrogen and oxygen atoms in total. The molecular formula is C39H27N5. The number of aromatic nitrogens is 5. The van der Waals surface area contributed by atoms with Crippen LogP contribution in [0.5, 0.6) is 0 Å². The number of nitrogens with one attached hydrogen (secondary N) is 1. The highest BCUT2D eigenvalue weighted by atomic mass is 15.2. The molecule has 0 atom stereocenters. The van der Waals surface area contributed by atoms with E-state index in [9.17, 15) is 0 Å². The highest BCUT2D eigenvalue weighted by molar-refractivity contribution is 6.25. The number of para-hydroxylation sites is 1. The van der Waals surface area contributed by atoms with Gasteiger partial charge in [0.05, 0.1) is 5.52 Å². The van der Waals surface area contributed by atoms with E-state index in [1.807, 2.05) is 13.0 Å². The van der Waals surface area contributed by atoms with Gasteiger partial charge in [-0.1, -0.05) is 91.5 Å². The third-order valence-electron chi connectivity index (χ3n) is 8.98. The second kappa shape index (κ2) is 9.09. The number of H-pyrrole nitrogens is 1. The van der Waals surface area contributed by atoms with Crippen molar-refractivity contribution in [3.63, 3.8) is 0 Å². The van der Waals surface area contributed by atoms with Crippen molar-refractivity contribution in [2.45, 2.75) is 13.8 Å². The lowest BCUT2D eigenvalue weighted by molar-refractivity contribution is 0.877. The van der Waals surface area contributed by atoms with E-state index in [4.69, 9.17) is 15.0 Å². The van der Waals surface area contributed by atoms with Gasteiger partial charge in [-0.3, -0.25) is 4.57 Å². The smallest absolute Gasteiger partial charge is 0.238 e. The SMILES string of the molecule is C=c1c2cc3[nH]c4ccccc4c3cc2c2cccc3c2c1c(C)n3-c1nc(C)nc(-c2ccc(-c3ccccc3)cc2)n1. The molecule has 0 aliphatic carbocycles. The second-order valence-electron chi connectivity index (χ2n) is 11.5. The lowest BCUT2D eigenvalue weighted by atomic mass is 9.95. The van der Waals surface area contributed by atoms with Crippen molar-refractivity contribution < 1.29 is 0 Å². The van der Waals surface area contributed by atoms with Crippen LogP contribution in [0.15, 0.2) is 109 Å². The van der Waals surface area contributed by atoms with Gasteiger partial charge < -0.3 is 4.98 Å². The lowest BCUT2D eigenvalue weighted by Crippen LogP contribution is -2.08. The van der Waals surface area contributed by atoms with E-state index in [1.54, 1.807) is 0 Å². The van der Waals surface area contributed by atoms with Gasteiger partial charge >= 0.3 is 0 Å². The normalized spacial score (nSPS) is 12.0. The Morgan fingerprint density at radius 2 is 1.30 bits per heavy atom. The summed E-state index contributed by atoms with van der Waals surface area (Å²) in [5, 5.41) is 9.36. The Kier molecular flexibility index (Phi) is 5.12. The van der Waals surface area contributed by atoms with Crippen molar-refractivity contribution in [1.82, 2.24) is 24.5 Å². The third-order valence-corrected chi connectivity index (χ3v) is 8.98. The summed E-state index contributed by atoms with van der Waals surface area (Å²) in [6.45, 7) is 8.72. The van der Waals surface area contributed by atoms with Crippen molar-refractivity contribution in [1.29, 1.82) is 0 Å². The van der Waals surface area contributed by atoms with Crippen molar-refractivity contribution in [2.24, 2.45) is 0 Å². The molecule has 0 aliphatic heterocycles. The Morgan fingerprint density at radius 3 is 2.14 bits per heavy atom. The number of nitrogens with zero attached hydrogens (tertiary/aromatic N) is 4. The first-order valence-electron chi connectivity index (χ1n) is 14.8. The molecule has 208 valence electrons. The van der Waals surface area contributed by atoms with Crippen LogP contribution in [0.3, 0.4) is 0 Å². The molecule has 9 rings (SSSR count). The van der Waals surface area contributed by atoms with E-state index < -0.39 is 0 Å². The Bertz CT molecular complexity index is 2630. The summed E-state index contributed by atoms with van der Waals surface area (Å²) in [6.07, 6.45) is 0. The van der Waals surface area contributed by atoms with Crippen molar-refractivity contribution in [3.05, 3.63) is 126 Å². The molecule has 0 bridgehead atoms. The largest absolute Gasteiger partial charge is 0.354 e. The summed E-state index contributed by atoms with van der Waals surface area (Å²) in [5.74, 6) is 1.95. The summed E-state index contributed by atoms with van der Waals surface area (Å²) < 4.78 is 2.17. The molecule has 0 saturated carbocycles. The monoisotopic (exact) mass is 565 g/mol. The van der Waals surface area contributed by atoms with Gasteiger partial charge in [-0.2, -0.15) is 9.97 Å². The van der Waals surface area contributed by atoms with Crippen LogP contribution in [-0.4, -0.2) is 24.5 Å². The van der Waals surface area contributed by atoms with Crippen molar-refractivity contribution in [2.75, 3.05) is 0 Å². The number of hydrogen-bond donors (Lipinski definition) is 1. The Labute approximate surface area is 253 Å². The molecule has 1 N–H and O–H groups in total.